The number of carbonyl (C=O) groups excluding carboxylic acids is 1. The standard InChI is InChI=1S/C16H13ClO/c17-15(12-6-7-12)10-16(18)14-8-5-11-3-1-2-4-13(11)9-14/h1-5,8-10,12H,6-7H2/b15-10+. The van der Waals surface area contributed by atoms with Gasteiger partial charge in [-0.2, -0.15) is 0 Å². The Labute approximate surface area is 111 Å². The third kappa shape index (κ3) is 2.32. The lowest BCUT2D eigenvalue weighted by Crippen LogP contribution is -1.95. The molecule has 90 valence electrons. The summed E-state index contributed by atoms with van der Waals surface area (Å²) in [5.41, 5.74) is 0.701. The summed E-state index contributed by atoms with van der Waals surface area (Å²) in [6.45, 7) is 0. The van der Waals surface area contributed by atoms with Gasteiger partial charge in [0.1, 0.15) is 0 Å². The summed E-state index contributed by atoms with van der Waals surface area (Å²) in [5.74, 6) is 0.425. The van der Waals surface area contributed by atoms with E-state index >= 15 is 0 Å². The van der Waals surface area contributed by atoms with Crippen molar-refractivity contribution >= 4 is 28.2 Å². The van der Waals surface area contributed by atoms with Crippen LogP contribution in [-0.2, 0) is 0 Å². The first-order valence-corrected chi connectivity index (χ1v) is 6.52. The Morgan fingerprint density at radius 3 is 2.56 bits per heavy atom. The van der Waals surface area contributed by atoms with Gasteiger partial charge >= 0.3 is 0 Å². The van der Waals surface area contributed by atoms with E-state index < -0.39 is 0 Å². The van der Waals surface area contributed by atoms with Crippen LogP contribution < -0.4 is 0 Å². The fraction of sp³-hybridized carbons (Fsp3) is 0.188. The van der Waals surface area contributed by atoms with Crippen LogP contribution in [0.5, 0.6) is 0 Å². The summed E-state index contributed by atoms with van der Waals surface area (Å²) in [4.78, 5) is 12.1. The van der Waals surface area contributed by atoms with Gasteiger partial charge in [0, 0.05) is 16.7 Å². The minimum atomic E-state index is -0.00217. The Morgan fingerprint density at radius 1 is 1.11 bits per heavy atom. The first-order valence-electron chi connectivity index (χ1n) is 6.14. The molecule has 0 bridgehead atoms. The van der Waals surface area contributed by atoms with E-state index in [4.69, 9.17) is 11.6 Å². The Bertz CT molecular complexity index is 638. The van der Waals surface area contributed by atoms with Crippen LogP contribution in [0.2, 0.25) is 0 Å². The van der Waals surface area contributed by atoms with E-state index in [-0.39, 0.29) is 5.78 Å². The molecular weight excluding hydrogens is 244 g/mol. The van der Waals surface area contributed by atoms with Crippen molar-refractivity contribution in [1.82, 2.24) is 0 Å². The van der Waals surface area contributed by atoms with Gasteiger partial charge in [0.15, 0.2) is 5.78 Å². The monoisotopic (exact) mass is 256 g/mol. The fourth-order valence-electron chi connectivity index (χ4n) is 2.03. The number of halogens is 1. The van der Waals surface area contributed by atoms with Crippen LogP contribution in [0.25, 0.3) is 10.8 Å². The van der Waals surface area contributed by atoms with Crippen LogP contribution in [0, 0.1) is 5.92 Å². The lowest BCUT2D eigenvalue weighted by atomic mass is 10.0. The average molecular weight is 257 g/mol. The van der Waals surface area contributed by atoms with Gasteiger partial charge in [-0.25, -0.2) is 0 Å². The molecule has 0 aliphatic heterocycles. The highest BCUT2D eigenvalue weighted by Crippen LogP contribution is 2.38. The number of carbonyl (C=O) groups is 1. The molecule has 0 saturated heterocycles. The van der Waals surface area contributed by atoms with Gasteiger partial charge in [0.25, 0.3) is 0 Å². The van der Waals surface area contributed by atoms with E-state index in [1.165, 1.54) is 0 Å². The maximum atomic E-state index is 12.1. The zero-order chi connectivity index (χ0) is 12.5. The Balaban J connectivity index is 1.93. The molecule has 1 aliphatic carbocycles. The molecule has 1 fully saturated rings. The zero-order valence-corrected chi connectivity index (χ0v) is 10.7. The molecule has 0 spiro atoms. The normalized spacial score (nSPS) is 15.9. The summed E-state index contributed by atoms with van der Waals surface area (Å²) in [7, 11) is 0. The molecule has 0 atom stereocenters. The van der Waals surface area contributed by atoms with E-state index in [0.29, 0.717) is 16.5 Å². The molecule has 0 N–H and O–H groups in total. The van der Waals surface area contributed by atoms with E-state index in [2.05, 4.69) is 0 Å². The minimum Gasteiger partial charge on any atom is -0.289 e. The third-order valence-electron chi connectivity index (χ3n) is 3.27. The lowest BCUT2D eigenvalue weighted by Gasteiger charge is -2.01. The summed E-state index contributed by atoms with van der Waals surface area (Å²) in [6.07, 6.45) is 3.80. The van der Waals surface area contributed by atoms with Crippen molar-refractivity contribution in [3.63, 3.8) is 0 Å². The summed E-state index contributed by atoms with van der Waals surface area (Å²) >= 11 is 6.08. The number of hydrogen-bond acceptors (Lipinski definition) is 1. The maximum absolute atomic E-state index is 12.1. The second-order valence-corrected chi connectivity index (χ2v) is 5.17. The molecule has 0 amide bonds. The van der Waals surface area contributed by atoms with Crippen molar-refractivity contribution in [2.75, 3.05) is 0 Å². The number of allylic oxidation sites excluding steroid dienone is 2. The number of benzene rings is 2. The van der Waals surface area contributed by atoms with Crippen molar-refractivity contribution in [3.8, 4) is 0 Å². The van der Waals surface area contributed by atoms with Gasteiger partial charge < -0.3 is 0 Å². The van der Waals surface area contributed by atoms with Crippen molar-refractivity contribution in [2.24, 2.45) is 5.92 Å². The predicted molar refractivity (Wildman–Crippen MR) is 74.9 cm³/mol. The summed E-state index contributed by atoms with van der Waals surface area (Å²) < 4.78 is 0. The highest BCUT2D eigenvalue weighted by atomic mass is 35.5. The Kier molecular flexibility index (Phi) is 2.92. The molecule has 2 heteroatoms. The molecule has 0 radical (unpaired) electrons. The van der Waals surface area contributed by atoms with E-state index in [1.807, 2.05) is 42.5 Å². The number of ketones is 1. The van der Waals surface area contributed by atoms with Gasteiger partial charge in [-0.3, -0.25) is 4.79 Å². The smallest absolute Gasteiger partial charge is 0.187 e. The van der Waals surface area contributed by atoms with Gasteiger partial charge in [0.05, 0.1) is 0 Å². The van der Waals surface area contributed by atoms with Crippen LogP contribution in [0.3, 0.4) is 0 Å². The highest BCUT2D eigenvalue weighted by molar-refractivity contribution is 6.32. The number of rotatable bonds is 3. The second-order valence-electron chi connectivity index (χ2n) is 4.73. The quantitative estimate of drug-likeness (QED) is 0.581. The van der Waals surface area contributed by atoms with Gasteiger partial charge in [-0.1, -0.05) is 48.0 Å². The number of hydrogen-bond donors (Lipinski definition) is 0. The molecule has 0 unspecified atom stereocenters. The molecule has 1 nitrogen and oxygen atoms in total. The lowest BCUT2D eigenvalue weighted by molar-refractivity contribution is 0.104. The van der Waals surface area contributed by atoms with Gasteiger partial charge in [0.2, 0.25) is 0 Å². The molecule has 2 aromatic carbocycles. The van der Waals surface area contributed by atoms with Crippen molar-refractivity contribution < 1.29 is 4.79 Å². The zero-order valence-electron chi connectivity index (χ0n) is 9.90. The van der Waals surface area contributed by atoms with Crippen molar-refractivity contribution in [2.45, 2.75) is 12.8 Å². The van der Waals surface area contributed by atoms with Crippen LogP contribution in [0.1, 0.15) is 23.2 Å². The molecule has 1 aliphatic rings. The Morgan fingerprint density at radius 2 is 1.83 bits per heavy atom. The average Bonchev–Trinajstić information content (AvgIpc) is 3.22. The van der Waals surface area contributed by atoms with E-state index in [0.717, 1.165) is 23.6 Å². The second kappa shape index (κ2) is 4.58. The molecule has 1 saturated carbocycles. The summed E-state index contributed by atoms with van der Waals surface area (Å²) in [5, 5.41) is 2.93. The summed E-state index contributed by atoms with van der Waals surface area (Å²) in [6, 6.07) is 13.8. The van der Waals surface area contributed by atoms with E-state index in [9.17, 15) is 4.79 Å². The van der Waals surface area contributed by atoms with Crippen LogP contribution in [-0.4, -0.2) is 5.78 Å². The molecule has 0 aromatic heterocycles. The van der Waals surface area contributed by atoms with E-state index in [1.54, 1.807) is 6.08 Å². The highest BCUT2D eigenvalue weighted by Gasteiger charge is 2.25. The predicted octanol–water partition coefficient (Wildman–Crippen LogP) is 4.56. The molecule has 2 aromatic rings. The number of fused-ring (bicyclic) bond motifs is 1. The minimum absolute atomic E-state index is 0.00217. The third-order valence-corrected chi connectivity index (χ3v) is 3.69. The van der Waals surface area contributed by atoms with Crippen LogP contribution in [0.15, 0.2) is 53.6 Å². The Hall–Kier alpha value is -1.60. The molecular formula is C16H13ClO. The first-order chi connectivity index (χ1) is 8.74. The maximum Gasteiger partial charge on any atom is 0.187 e. The molecule has 3 rings (SSSR count). The van der Waals surface area contributed by atoms with Gasteiger partial charge in [-0.15, -0.1) is 0 Å². The van der Waals surface area contributed by atoms with Crippen molar-refractivity contribution in [1.29, 1.82) is 0 Å². The van der Waals surface area contributed by atoms with Crippen molar-refractivity contribution in [3.05, 3.63) is 59.1 Å². The largest absolute Gasteiger partial charge is 0.289 e. The molecule has 0 heterocycles. The SMILES string of the molecule is O=C(/C=C(/Cl)C1CC1)c1ccc2ccccc2c1. The van der Waals surface area contributed by atoms with Gasteiger partial charge in [-0.05, 0) is 35.6 Å². The van der Waals surface area contributed by atoms with Crippen LogP contribution >= 0.6 is 11.6 Å². The molecule has 18 heavy (non-hydrogen) atoms. The topological polar surface area (TPSA) is 17.1 Å². The fourth-order valence-corrected chi connectivity index (χ4v) is 2.35. The first kappa shape index (κ1) is 11.5. The van der Waals surface area contributed by atoms with Crippen LogP contribution in [0.4, 0.5) is 0 Å².